The number of hydrogen-bond donors (Lipinski definition) is 1. The van der Waals surface area contributed by atoms with E-state index in [9.17, 15) is 0 Å². The van der Waals surface area contributed by atoms with Crippen molar-refractivity contribution in [2.45, 2.75) is 32.6 Å². The van der Waals surface area contributed by atoms with Crippen molar-refractivity contribution < 1.29 is 0 Å². The Kier molecular flexibility index (Phi) is 4.48. The molecule has 0 amide bonds. The number of nitrogens with one attached hydrogen (secondary N) is 1. The van der Waals surface area contributed by atoms with E-state index in [4.69, 9.17) is 4.98 Å². The van der Waals surface area contributed by atoms with Gasteiger partial charge in [0.15, 0.2) is 0 Å². The van der Waals surface area contributed by atoms with Crippen molar-refractivity contribution in [2.75, 3.05) is 50.5 Å². The molecule has 0 saturated carbocycles. The van der Waals surface area contributed by atoms with E-state index in [1.807, 2.05) is 7.05 Å². The zero-order valence-corrected chi connectivity index (χ0v) is 13.4. The second-order valence-electron chi connectivity index (χ2n) is 6.58. The summed E-state index contributed by atoms with van der Waals surface area (Å²) in [6, 6.07) is 2.06. The predicted molar refractivity (Wildman–Crippen MR) is 84.6 cm³/mol. The maximum atomic E-state index is 4.80. The highest BCUT2D eigenvalue weighted by Gasteiger charge is 2.21. The van der Waals surface area contributed by atoms with Crippen molar-refractivity contribution in [3.8, 4) is 0 Å². The van der Waals surface area contributed by atoms with Gasteiger partial charge in [0, 0.05) is 38.2 Å². The second-order valence-corrected chi connectivity index (χ2v) is 6.58. The third-order valence-electron chi connectivity index (χ3n) is 3.68. The highest BCUT2D eigenvalue weighted by Crippen LogP contribution is 2.24. The van der Waals surface area contributed by atoms with E-state index in [2.05, 4.69) is 54.0 Å². The molecule has 2 rings (SSSR count). The molecule has 0 aliphatic carbocycles. The van der Waals surface area contributed by atoms with Gasteiger partial charge < -0.3 is 15.1 Å². The quantitative estimate of drug-likeness (QED) is 0.895. The van der Waals surface area contributed by atoms with Gasteiger partial charge in [0.2, 0.25) is 0 Å². The van der Waals surface area contributed by atoms with E-state index >= 15 is 0 Å². The van der Waals surface area contributed by atoms with E-state index in [1.165, 1.54) is 6.42 Å². The number of likely N-dealkylation sites (N-methyl/N-ethyl adjacent to an activating group) is 1. The highest BCUT2D eigenvalue weighted by molar-refractivity contribution is 5.50. The fourth-order valence-electron chi connectivity index (χ4n) is 2.34. The molecule has 5 heteroatoms. The first kappa shape index (κ1) is 15.0. The summed E-state index contributed by atoms with van der Waals surface area (Å²) in [6.07, 6.45) is 1.18. The molecule has 1 aromatic rings. The van der Waals surface area contributed by atoms with Crippen LogP contribution in [-0.2, 0) is 5.41 Å². The van der Waals surface area contributed by atoms with Crippen molar-refractivity contribution in [1.29, 1.82) is 0 Å². The van der Waals surface area contributed by atoms with Gasteiger partial charge in [0.1, 0.15) is 17.5 Å². The minimum atomic E-state index is -0.0374. The van der Waals surface area contributed by atoms with Crippen molar-refractivity contribution in [2.24, 2.45) is 0 Å². The molecule has 0 aromatic carbocycles. The molecule has 20 heavy (non-hydrogen) atoms. The molecule has 0 atom stereocenters. The average molecular weight is 277 g/mol. The zero-order chi connectivity index (χ0) is 14.8. The molecular formula is C15H27N5. The summed E-state index contributed by atoms with van der Waals surface area (Å²) < 4.78 is 0. The van der Waals surface area contributed by atoms with E-state index in [0.717, 1.165) is 43.6 Å². The third-order valence-corrected chi connectivity index (χ3v) is 3.68. The highest BCUT2D eigenvalue weighted by atomic mass is 15.2. The summed E-state index contributed by atoms with van der Waals surface area (Å²) in [5, 5.41) is 3.16. The fraction of sp³-hybridized carbons (Fsp3) is 0.733. The van der Waals surface area contributed by atoms with Crippen LogP contribution in [0.25, 0.3) is 0 Å². The van der Waals surface area contributed by atoms with Crippen LogP contribution in [0, 0.1) is 0 Å². The monoisotopic (exact) mass is 277 g/mol. The van der Waals surface area contributed by atoms with Gasteiger partial charge in [0.05, 0.1) is 0 Å². The Hall–Kier alpha value is -1.36. The fourth-order valence-corrected chi connectivity index (χ4v) is 2.34. The Morgan fingerprint density at radius 2 is 1.85 bits per heavy atom. The lowest BCUT2D eigenvalue weighted by atomic mass is 9.96. The van der Waals surface area contributed by atoms with Gasteiger partial charge in [-0.05, 0) is 20.0 Å². The maximum absolute atomic E-state index is 4.80. The van der Waals surface area contributed by atoms with Crippen LogP contribution in [0.5, 0.6) is 0 Å². The SMILES string of the molecule is CNc1cc(N2CCCN(C)CC2)nc(C(C)(C)C)n1. The molecule has 1 aliphatic rings. The molecule has 1 fully saturated rings. The first-order valence-electron chi connectivity index (χ1n) is 7.41. The summed E-state index contributed by atoms with van der Waals surface area (Å²) in [7, 11) is 4.10. The third kappa shape index (κ3) is 3.60. The van der Waals surface area contributed by atoms with Crippen LogP contribution in [0.15, 0.2) is 6.07 Å². The summed E-state index contributed by atoms with van der Waals surface area (Å²) in [6.45, 7) is 10.8. The van der Waals surface area contributed by atoms with Crippen LogP contribution in [0.2, 0.25) is 0 Å². The Bertz CT molecular complexity index is 452. The first-order chi connectivity index (χ1) is 9.40. The molecule has 1 aromatic heterocycles. The largest absolute Gasteiger partial charge is 0.373 e. The van der Waals surface area contributed by atoms with Crippen molar-refractivity contribution in [3.63, 3.8) is 0 Å². The molecule has 5 nitrogen and oxygen atoms in total. The Morgan fingerprint density at radius 1 is 1.10 bits per heavy atom. The molecule has 0 radical (unpaired) electrons. The molecule has 112 valence electrons. The van der Waals surface area contributed by atoms with Crippen LogP contribution < -0.4 is 10.2 Å². The van der Waals surface area contributed by atoms with E-state index in [0.29, 0.717) is 0 Å². The standard InChI is InChI=1S/C15H27N5/c1-15(2,3)14-17-12(16-4)11-13(18-14)20-8-6-7-19(5)9-10-20/h11H,6-10H2,1-5H3,(H,16,17,18). The van der Waals surface area contributed by atoms with Crippen molar-refractivity contribution >= 4 is 11.6 Å². The van der Waals surface area contributed by atoms with Crippen LogP contribution in [0.4, 0.5) is 11.6 Å². The minimum Gasteiger partial charge on any atom is -0.373 e. The molecule has 0 unspecified atom stereocenters. The summed E-state index contributed by atoms with van der Waals surface area (Å²) >= 11 is 0. The molecule has 0 bridgehead atoms. The number of aromatic nitrogens is 2. The van der Waals surface area contributed by atoms with Crippen LogP contribution in [-0.4, -0.2) is 55.1 Å². The van der Waals surface area contributed by atoms with Gasteiger partial charge >= 0.3 is 0 Å². The van der Waals surface area contributed by atoms with Gasteiger partial charge in [-0.3, -0.25) is 0 Å². The van der Waals surface area contributed by atoms with Gasteiger partial charge in [-0.1, -0.05) is 20.8 Å². The molecule has 2 heterocycles. The smallest absolute Gasteiger partial charge is 0.138 e. The predicted octanol–water partition coefficient (Wildman–Crippen LogP) is 1.96. The van der Waals surface area contributed by atoms with Gasteiger partial charge in [-0.15, -0.1) is 0 Å². The van der Waals surface area contributed by atoms with Gasteiger partial charge in [0.25, 0.3) is 0 Å². The second kappa shape index (κ2) is 5.95. The van der Waals surface area contributed by atoms with Crippen LogP contribution in [0.3, 0.4) is 0 Å². The topological polar surface area (TPSA) is 44.3 Å². The molecule has 1 N–H and O–H groups in total. The number of hydrogen-bond acceptors (Lipinski definition) is 5. The zero-order valence-electron chi connectivity index (χ0n) is 13.4. The van der Waals surface area contributed by atoms with Crippen molar-refractivity contribution in [3.05, 3.63) is 11.9 Å². The lowest BCUT2D eigenvalue weighted by Crippen LogP contribution is -2.30. The molecule has 1 aliphatic heterocycles. The van der Waals surface area contributed by atoms with Gasteiger partial charge in [-0.25, -0.2) is 9.97 Å². The maximum Gasteiger partial charge on any atom is 0.138 e. The summed E-state index contributed by atoms with van der Waals surface area (Å²) in [4.78, 5) is 14.2. The van der Waals surface area contributed by atoms with E-state index in [-0.39, 0.29) is 5.41 Å². The molecular weight excluding hydrogens is 250 g/mol. The molecule has 0 spiro atoms. The Labute approximate surface area is 122 Å². The van der Waals surface area contributed by atoms with Crippen LogP contribution >= 0.6 is 0 Å². The van der Waals surface area contributed by atoms with Gasteiger partial charge in [-0.2, -0.15) is 0 Å². The molecule has 1 saturated heterocycles. The first-order valence-corrected chi connectivity index (χ1v) is 7.41. The number of anilines is 2. The summed E-state index contributed by atoms with van der Waals surface area (Å²) in [5.74, 6) is 2.85. The van der Waals surface area contributed by atoms with E-state index in [1.54, 1.807) is 0 Å². The lowest BCUT2D eigenvalue weighted by molar-refractivity contribution is 0.360. The number of rotatable bonds is 2. The lowest BCUT2D eigenvalue weighted by Gasteiger charge is -2.25. The number of nitrogens with zero attached hydrogens (tertiary/aromatic N) is 4. The minimum absolute atomic E-state index is 0.0374. The Morgan fingerprint density at radius 3 is 2.50 bits per heavy atom. The van der Waals surface area contributed by atoms with Crippen molar-refractivity contribution in [1.82, 2.24) is 14.9 Å². The van der Waals surface area contributed by atoms with E-state index < -0.39 is 0 Å². The Balaban J connectivity index is 2.30. The van der Waals surface area contributed by atoms with Crippen LogP contribution in [0.1, 0.15) is 33.0 Å². The summed E-state index contributed by atoms with van der Waals surface area (Å²) in [5.41, 5.74) is -0.0374. The normalized spacial score (nSPS) is 17.9. The average Bonchev–Trinajstić information content (AvgIpc) is 2.62.